The predicted octanol–water partition coefficient (Wildman–Crippen LogP) is 3.98. The van der Waals surface area contributed by atoms with Crippen LogP contribution in [0.3, 0.4) is 0 Å². The molecule has 1 aliphatic rings. The highest BCUT2D eigenvalue weighted by Gasteiger charge is 2.34. The number of carbonyl (C=O) groups excluding carboxylic acids is 1. The first-order chi connectivity index (χ1) is 10.4. The van der Waals surface area contributed by atoms with E-state index in [-0.39, 0.29) is 12.1 Å². The maximum Gasteiger partial charge on any atom is 0.410 e. The zero-order valence-electron chi connectivity index (χ0n) is 14.1. The first-order valence-electron chi connectivity index (χ1n) is 8.11. The van der Waals surface area contributed by atoms with Gasteiger partial charge in [0.2, 0.25) is 0 Å². The first kappa shape index (κ1) is 16.6. The quantitative estimate of drug-likeness (QED) is 0.914. The van der Waals surface area contributed by atoms with Gasteiger partial charge in [0.25, 0.3) is 0 Å². The van der Waals surface area contributed by atoms with Gasteiger partial charge < -0.3 is 15.0 Å². The van der Waals surface area contributed by atoms with Gasteiger partial charge in [-0.1, -0.05) is 13.0 Å². The molecule has 122 valence electrons. The van der Waals surface area contributed by atoms with E-state index in [1.807, 2.05) is 31.7 Å². The van der Waals surface area contributed by atoms with Crippen molar-refractivity contribution in [1.29, 1.82) is 0 Å². The van der Waals surface area contributed by atoms with Crippen LogP contribution < -0.4 is 5.32 Å². The van der Waals surface area contributed by atoms with Gasteiger partial charge in [-0.25, -0.2) is 9.78 Å². The molecule has 0 spiro atoms. The van der Waals surface area contributed by atoms with E-state index in [1.165, 1.54) is 0 Å². The van der Waals surface area contributed by atoms with Gasteiger partial charge in [0.05, 0.1) is 6.04 Å². The molecule has 1 saturated heterocycles. The van der Waals surface area contributed by atoms with Gasteiger partial charge in [0.1, 0.15) is 11.4 Å². The van der Waals surface area contributed by atoms with Crippen molar-refractivity contribution in [3.05, 3.63) is 23.9 Å². The lowest BCUT2D eigenvalue weighted by Crippen LogP contribution is -2.36. The Labute approximate surface area is 133 Å². The van der Waals surface area contributed by atoms with Gasteiger partial charge in [0, 0.05) is 24.8 Å². The molecular formula is C17H27N3O2. The molecule has 22 heavy (non-hydrogen) atoms. The maximum absolute atomic E-state index is 12.4. The number of pyridine rings is 1. The van der Waals surface area contributed by atoms with E-state index < -0.39 is 5.60 Å². The van der Waals surface area contributed by atoms with Crippen molar-refractivity contribution >= 4 is 11.9 Å². The molecule has 1 amide bonds. The molecule has 1 N–H and O–H groups in total. The number of rotatable bonds is 4. The minimum absolute atomic E-state index is 0.0444. The van der Waals surface area contributed by atoms with Crippen molar-refractivity contribution in [2.24, 2.45) is 0 Å². The molecule has 1 atom stereocenters. The number of carbonyl (C=O) groups is 1. The summed E-state index contributed by atoms with van der Waals surface area (Å²) in [6.45, 7) is 9.43. The number of likely N-dealkylation sites (tertiary alicyclic amines) is 1. The molecule has 5 nitrogen and oxygen atoms in total. The number of nitrogens with one attached hydrogen (secondary N) is 1. The summed E-state index contributed by atoms with van der Waals surface area (Å²) >= 11 is 0. The van der Waals surface area contributed by atoms with Crippen LogP contribution in [0.15, 0.2) is 18.3 Å². The number of hydrogen-bond acceptors (Lipinski definition) is 4. The van der Waals surface area contributed by atoms with Gasteiger partial charge in [-0.15, -0.1) is 0 Å². The second-order valence-corrected chi connectivity index (χ2v) is 6.70. The fraction of sp³-hybridized carbons (Fsp3) is 0.647. The van der Waals surface area contributed by atoms with Crippen LogP contribution in [0.25, 0.3) is 0 Å². The summed E-state index contributed by atoms with van der Waals surface area (Å²) in [5, 5.41) is 3.36. The molecule has 0 unspecified atom stereocenters. The predicted molar refractivity (Wildman–Crippen MR) is 87.9 cm³/mol. The third kappa shape index (κ3) is 4.12. The lowest BCUT2D eigenvalue weighted by Gasteiger charge is -2.29. The van der Waals surface area contributed by atoms with Crippen LogP contribution in [0.1, 0.15) is 58.6 Å². The summed E-state index contributed by atoms with van der Waals surface area (Å²) in [7, 11) is 0. The van der Waals surface area contributed by atoms with Crippen LogP contribution in [0.2, 0.25) is 0 Å². The van der Waals surface area contributed by atoms with Gasteiger partial charge in [0.15, 0.2) is 0 Å². The van der Waals surface area contributed by atoms with E-state index in [2.05, 4.69) is 23.3 Å². The van der Waals surface area contributed by atoms with Gasteiger partial charge in [-0.05, 0) is 46.1 Å². The monoisotopic (exact) mass is 305 g/mol. The topological polar surface area (TPSA) is 54.5 Å². The van der Waals surface area contributed by atoms with Crippen molar-refractivity contribution in [1.82, 2.24) is 9.88 Å². The Balaban J connectivity index is 2.18. The smallest absolute Gasteiger partial charge is 0.410 e. The zero-order chi connectivity index (χ0) is 16.2. The van der Waals surface area contributed by atoms with Crippen LogP contribution in [-0.2, 0) is 4.74 Å². The normalized spacial score (nSPS) is 18.4. The van der Waals surface area contributed by atoms with E-state index in [9.17, 15) is 4.79 Å². The van der Waals surface area contributed by atoms with Gasteiger partial charge in [-0.3, -0.25) is 0 Å². The fourth-order valence-electron chi connectivity index (χ4n) is 2.71. The Bertz CT molecular complexity index is 511. The third-order valence-corrected chi connectivity index (χ3v) is 3.62. The molecule has 2 rings (SSSR count). The van der Waals surface area contributed by atoms with Crippen molar-refractivity contribution in [2.45, 2.75) is 58.6 Å². The van der Waals surface area contributed by atoms with Crippen LogP contribution in [0.5, 0.6) is 0 Å². The summed E-state index contributed by atoms with van der Waals surface area (Å²) in [5.41, 5.74) is 0.613. The number of anilines is 1. The van der Waals surface area contributed by atoms with Crippen molar-refractivity contribution in [3.8, 4) is 0 Å². The molecule has 0 radical (unpaired) electrons. The minimum atomic E-state index is -0.470. The Morgan fingerprint density at radius 1 is 1.50 bits per heavy atom. The van der Waals surface area contributed by atoms with Crippen LogP contribution in [0, 0.1) is 0 Å². The van der Waals surface area contributed by atoms with E-state index in [4.69, 9.17) is 4.74 Å². The molecule has 2 heterocycles. The molecule has 1 aromatic rings. The molecule has 0 bridgehead atoms. The number of nitrogens with zero attached hydrogens (tertiary/aromatic N) is 2. The largest absolute Gasteiger partial charge is 0.444 e. The van der Waals surface area contributed by atoms with E-state index in [0.29, 0.717) is 0 Å². The molecule has 0 aliphatic carbocycles. The zero-order valence-corrected chi connectivity index (χ0v) is 14.1. The lowest BCUT2D eigenvalue weighted by molar-refractivity contribution is 0.0225. The summed E-state index contributed by atoms with van der Waals surface area (Å²) in [4.78, 5) is 18.7. The second-order valence-electron chi connectivity index (χ2n) is 6.70. The minimum Gasteiger partial charge on any atom is -0.444 e. The lowest BCUT2D eigenvalue weighted by atomic mass is 10.1. The maximum atomic E-state index is 12.4. The number of amides is 1. The highest BCUT2D eigenvalue weighted by molar-refractivity contribution is 5.70. The van der Waals surface area contributed by atoms with Crippen LogP contribution in [-0.4, -0.2) is 34.7 Å². The molecule has 5 heteroatoms. The fourth-order valence-corrected chi connectivity index (χ4v) is 2.71. The second kappa shape index (κ2) is 6.99. The average molecular weight is 305 g/mol. The Kier molecular flexibility index (Phi) is 5.27. The Morgan fingerprint density at radius 3 is 2.95 bits per heavy atom. The van der Waals surface area contributed by atoms with E-state index in [1.54, 1.807) is 6.20 Å². The molecule has 1 fully saturated rings. The van der Waals surface area contributed by atoms with Crippen molar-refractivity contribution in [2.75, 3.05) is 18.4 Å². The third-order valence-electron chi connectivity index (χ3n) is 3.62. The van der Waals surface area contributed by atoms with Crippen LogP contribution in [0.4, 0.5) is 10.6 Å². The first-order valence-corrected chi connectivity index (χ1v) is 8.11. The summed E-state index contributed by atoms with van der Waals surface area (Å²) < 4.78 is 5.54. The number of hydrogen-bond donors (Lipinski definition) is 1. The summed E-state index contributed by atoms with van der Waals surface area (Å²) in [5.74, 6) is 0.879. The van der Waals surface area contributed by atoms with Crippen molar-refractivity contribution < 1.29 is 9.53 Å². The highest BCUT2D eigenvalue weighted by Crippen LogP contribution is 2.36. The summed E-state index contributed by atoms with van der Waals surface area (Å²) in [6.07, 6.45) is 4.53. The Morgan fingerprint density at radius 2 is 2.27 bits per heavy atom. The average Bonchev–Trinajstić information content (AvgIpc) is 2.93. The van der Waals surface area contributed by atoms with Crippen molar-refractivity contribution in [3.63, 3.8) is 0 Å². The Hall–Kier alpha value is -1.78. The van der Waals surface area contributed by atoms with Crippen LogP contribution >= 0.6 is 0 Å². The molecule has 1 aromatic heterocycles. The number of aromatic nitrogens is 1. The molecule has 1 aliphatic heterocycles. The van der Waals surface area contributed by atoms with E-state index in [0.717, 1.165) is 43.7 Å². The molecule has 0 saturated carbocycles. The highest BCUT2D eigenvalue weighted by atomic mass is 16.6. The summed E-state index contributed by atoms with van der Waals surface area (Å²) in [6, 6.07) is 4.03. The van der Waals surface area contributed by atoms with Gasteiger partial charge >= 0.3 is 6.09 Å². The van der Waals surface area contributed by atoms with E-state index >= 15 is 0 Å². The number of ether oxygens (including phenoxy) is 1. The SMILES string of the molecule is CCCNc1ncccc1[C@H]1CCCN1C(=O)OC(C)(C)C. The van der Waals surface area contributed by atoms with Gasteiger partial charge in [-0.2, -0.15) is 0 Å². The molecule has 0 aromatic carbocycles. The standard InChI is InChI=1S/C17H27N3O2/c1-5-10-18-15-13(8-6-11-19-15)14-9-7-12-20(14)16(21)22-17(2,3)4/h6,8,11,14H,5,7,9-10,12H2,1-4H3,(H,18,19)/t14-/m1/s1. The molecular weight excluding hydrogens is 278 g/mol.